The maximum atomic E-state index is 11.3. The van der Waals surface area contributed by atoms with Crippen LogP contribution in [0.15, 0.2) is 36.5 Å². The largest absolute Gasteiger partial charge is 0.322 e. The van der Waals surface area contributed by atoms with E-state index in [1.807, 2.05) is 37.4 Å². The highest BCUT2D eigenvalue weighted by Gasteiger charge is 2.12. The second-order valence-electron chi connectivity index (χ2n) is 3.58. The number of hydrogen-bond donors (Lipinski definition) is 1. The molecule has 1 aromatic carbocycles. The second kappa shape index (κ2) is 5.01. The van der Waals surface area contributed by atoms with Crippen molar-refractivity contribution in [3.8, 4) is 11.3 Å². The molecule has 0 spiro atoms. The first-order chi connectivity index (χ1) is 8.22. The van der Waals surface area contributed by atoms with Gasteiger partial charge in [-0.15, -0.1) is 11.6 Å². The normalized spacial score (nSPS) is 10.2. The van der Waals surface area contributed by atoms with Crippen molar-refractivity contribution in [3.05, 3.63) is 36.5 Å². The standard InChI is InChI=1S/C12H12ClN3O/c1-16-12(9-5-3-2-4-6-9)10(8-14-16)15-11(17)7-13/h2-6,8H,7H2,1H3,(H,15,17). The summed E-state index contributed by atoms with van der Waals surface area (Å²) < 4.78 is 1.72. The van der Waals surface area contributed by atoms with Crippen molar-refractivity contribution < 1.29 is 4.79 Å². The van der Waals surface area contributed by atoms with Crippen LogP contribution in [0.5, 0.6) is 0 Å². The molecule has 0 aliphatic carbocycles. The first kappa shape index (κ1) is 11.7. The Balaban J connectivity index is 2.40. The number of nitrogens with one attached hydrogen (secondary N) is 1. The summed E-state index contributed by atoms with van der Waals surface area (Å²) in [5.74, 6) is -0.305. The summed E-state index contributed by atoms with van der Waals surface area (Å²) in [5.41, 5.74) is 2.53. The number of benzene rings is 1. The Labute approximate surface area is 104 Å². The fourth-order valence-corrected chi connectivity index (χ4v) is 1.72. The predicted octanol–water partition coefficient (Wildman–Crippen LogP) is 2.26. The molecular weight excluding hydrogens is 238 g/mol. The predicted molar refractivity (Wildman–Crippen MR) is 68.0 cm³/mol. The van der Waals surface area contributed by atoms with E-state index >= 15 is 0 Å². The topological polar surface area (TPSA) is 46.9 Å². The molecule has 1 N–H and O–H groups in total. The Morgan fingerprint density at radius 2 is 2.12 bits per heavy atom. The van der Waals surface area contributed by atoms with E-state index < -0.39 is 0 Å². The van der Waals surface area contributed by atoms with Crippen LogP contribution in [0, 0.1) is 0 Å². The highest BCUT2D eigenvalue weighted by atomic mass is 35.5. The summed E-state index contributed by atoms with van der Waals surface area (Å²) in [6.45, 7) is 0. The molecule has 0 atom stereocenters. The highest BCUT2D eigenvalue weighted by molar-refractivity contribution is 6.29. The summed E-state index contributed by atoms with van der Waals surface area (Å²) in [4.78, 5) is 11.3. The summed E-state index contributed by atoms with van der Waals surface area (Å²) >= 11 is 5.47. The van der Waals surface area contributed by atoms with E-state index in [2.05, 4.69) is 10.4 Å². The smallest absolute Gasteiger partial charge is 0.239 e. The number of aromatic nitrogens is 2. The van der Waals surface area contributed by atoms with Gasteiger partial charge in [0.05, 0.1) is 17.6 Å². The SMILES string of the molecule is Cn1ncc(NC(=O)CCl)c1-c1ccccc1. The molecule has 1 heterocycles. The van der Waals surface area contributed by atoms with Crippen LogP contribution in [0.3, 0.4) is 0 Å². The molecule has 0 saturated heterocycles. The van der Waals surface area contributed by atoms with Crippen molar-refractivity contribution >= 4 is 23.2 Å². The van der Waals surface area contributed by atoms with Crippen LogP contribution < -0.4 is 5.32 Å². The number of hydrogen-bond acceptors (Lipinski definition) is 2. The van der Waals surface area contributed by atoms with Crippen molar-refractivity contribution in [3.63, 3.8) is 0 Å². The molecule has 0 aliphatic heterocycles. The number of aryl methyl sites for hydroxylation is 1. The molecular formula is C12H12ClN3O. The number of halogens is 1. The zero-order chi connectivity index (χ0) is 12.3. The van der Waals surface area contributed by atoms with Gasteiger partial charge in [-0.25, -0.2) is 0 Å². The minimum absolute atomic E-state index is 0.0663. The van der Waals surface area contributed by atoms with Crippen molar-refractivity contribution in [1.29, 1.82) is 0 Å². The fourth-order valence-electron chi connectivity index (χ4n) is 1.65. The van der Waals surface area contributed by atoms with Crippen LogP contribution in [0.1, 0.15) is 0 Å². The Morgan fingerprint density at radius 1 is 1.41 bits per heavy atom. The maximum Gasteiger partial charge on any atom is 0.239 e. The Hall–Kier alpha value is -1.81. The Morgan fingerprint density at radius 3 is 2.76 bits per heavy atom. The highest BCUT2D eigenvalue weighted by Crippen LogP contribution is 2.26. The van der Waals surface area contributed by atoms with Gasteiger partial charge >= 0.3 is 0 Å². The molecule has 0 bridgehead atoms. The Bertz CT molecular complexity index is 522. The van der Waals surface area contributed by atoms with Crippen molar-refractivity contribution in [2.24, 2.45) is 7.05 Å². The van der Waals surface area contributed by atoms with Gasteiger partial charge < -0.3 is 5.32 Å². The molecule has 0 fully saturated rings. The first-order valence-corrected chi connectivity index (χ1v) is 5.69. The molecule has 1 aromatic heterocycles. The van der Waals surface area contributed by atoms with E-state index in [1.165, 1.54) is 0 Å². The van der Waals surface area contributed by atoms with Gasteiger partial charge in [-0.2, -0.15) is 5.10 Å². The van der Waals surface area contributed by atoms with Gasteiger partial charge in [-0.1, -0.05) is 30.3 Å². The molecule has 88 valence electrons. The number of alkyl halides is 1. The minimum Gasteiger partial charge on any atom is -0.322 e. The molecule has 0 aliphatic rings. The number of carbonyl (C=O) groups is 1. The van der Waals surface area contributed by atoms with E-state index in [0.29, 0.717) is 5.69 Å². The third kappa shape index (κ3) is 2.47. The van der Waals surface area contributed by atoms with Crippen LogP contribution >= 0.6 is 11.6 Å². The molecule has 2 aromatic rings. The van der Waals surface area contributed by atoms with Crippen LogP contribution in [-0.2, 0) is 11.8 Å². The number of rotatable bonds is 3. The van der Waals surface area contributed by atoms with Gasteiger partial charge in [0, 0.05) is 12.6 Å². The van der Waals surface area contributed by atoms with Gasteiger partial charge in [0.25, 0.3) is 0 Å². The maximum absolute atomic E-state index is 11.3. The van der Waals surface area contributed by atoms with Gasteiger partial charge in [-0.3, -0.25) is 9.48 Å². The van der Waals surface area contributed by atoms with E-state index in [-0.39, 0.29) is 11.8 Å². The van der Waals surface area contributed by atoms with Crippen LogP contribution in [0.2, 0.25) is 0 Å². The lowest BCUT2D eigenvalue weighted by molar-refractivity contribution is -0.113. The summed E-state index contributed by atoms with van der Waals surface area (Å²) in [7, 11) is 1.83. The van der Waals surface area contributed by atoms with Gasteiger partial charge in [0.15, 0.2) is 0 Å². The summed E-state index contributed by atoms with van der Waals surface area (Å²) in [5, 5.41) is 6.86. The van der Waals surface area contributed by atoms with E-state index in [4.69, 9.17) is 11.6 Å². The lowest BCUT2D eigenvalue weighted by Crippen LogP contribution is -2.13. The quantitative estimate of drug-likeness (QED) is 0.849. The molecule has 0 saturated carbocycles. The second-order valence-corrected chi connectivity index (χ2v) is 3.85. The lowest BCUT2D eigenvalue weighted by atomic mass is 10.1. The summed E-state index contributed by atoms with van der Waals surface area (Å²) in [6, 6.07) is 9.75. The number of anilines is 1. The molecule has 0 radical (unpaired) electrons. The van der Waals surface area contributed by atoms with Crippen molar-refractivity contribution in [2.75, 3.05) is 11.2 Å². The van der Waals surface area contributed by atoms with Gasteiger partial charge in [0.2, 0.25) is 5.91 Å². The van der Waals surface area contributed by atoms with E-state index in [1.54, 1.807) is 10.9 Å². The average Bonchev–Trinajstić information content (AvgIpc) is 2.71. The van der Waals surface area contributed by atoms with Gasteiger partial charge in [0.1, 0.15) is 5.88 Å². The third-order valence-corrected chi connectivity index (χ3v) is 2.62. The molecule has 4 nitrogen and oxygen atoms in total. The monoisotopic (exact) mass is 249 g/mol. The molecule has 17 heavy (non-hydrogen) atoms. The fraction of sp³-hybridized carbons (Fsp3) is 0.167. The zero-order valence-electron chi connectivity index (χ0n) is 9.35. The van der Waals surface area contributed by atoms with Crippen LogP contribution in [0.4, 0.5) is 5.69 Å². The van der Waals surface area contributed by atoms with E-state index in [9.17, 15) is 4.79 Å². The zero-order valence-corrected chi connectivity index (χ0v) is 10.1. The Kier molecular flexibility index (Phi) is 3.44. The van der Waals surface area contributed by atoms with Crippen LogP contribution in [0.25, 0.3) is 11.3 Å². The van der Waals surface area contributed by atoms with Crippen LogP contribution in [-0.4, -0.2) is 21.6 Å². The van der Waals surface area contributed by atoms with E-state index in [0.717, 1.165) is 11.3 Å². The molecule has 2 rings (SSSR count). The number of nitrogens with zero attached hydrogens (tertiary/aromatic N) is 2. The molecule has 1 amide bonds. The minimum atomic E-state index is -0.239. The van der Waals surface area contributed by atoms with Crippen molar-refractivity contribution in [1.82, 2.24) is 9.78 Å². The molecule has 0 unspecified atom stereocenters. The number of amides is 1. The number of carbonyl (C=O) groups excluding carboxylic acids is 1. The summed E-state index contributed by atoms with van der Waals surface area (Å²) in [6.07, 6.45) is 1.62. The lowest BCUT2D eigenvalue weighted by Gasteiger charge is -2.06. The van der Waals surface area contributed by atoms with Gasteiger partial charge in [-0.05, 0) is 0 Å². The third-order valence-electron chi connectivity index (χ3n) is 2.38. The van der Waals surface area contributed by atoms with Crippen molar-refractivity contribution in [2.45, 2.75) is 0 Å². The average molecular weight is 250 g/mol. The molecule has 5 heteroatoms. The first-order valence-electron chi connectivity index (χ1n) is 5.15.